The summed E-state index contributed by atoms with van der Waals surface area (Å²) in [7, 11) is 1.49. The highest BCUT2D eigenvalue weighted by molar-refractivity contribution is 6.00. The molecule has 5 nitrogen and oxygen atoms in total. The maximum absolute atomic E-state index is 14.4. The number of anilines is 1. The van der Waals surface area contributed by atoms with E-state index < -0.39 is 0 Å². The van der Waals surface area contributed by atoms with Crippen molar-refractivity contribution in [2.24, 2.45) is 0 Å². The summed E-state index contributed by atoms with van der Waals surface area (Å²) >= 11 is 0. The highest BCUT2D eigenvalue weighted by atomic mass is 19.1. The predicted molar refractivity (Wildman–Crippen MR) is 117 cm³/mol. The van der Waals surface area contributed by atoms with Crippen LogP contribution < -0.4 is 10.5 Å². The second kappa shape index (κ2) is 9.22. The normalized spacial score (nSPS) is 10.5. The second-order valence-corrected chi connectivity index (χ2v) is 6.93. The molecule has 0 aliphatic heterocycles. The van der Waals surface area contributed by atoms with E-state index in [1.165, 1.54) is 13.2 Å². The van der Waals surface area contributed by atoms with Gasteiger partial charge in [-0.25, -0.2) is 4.39 Å². The third kappa shape index (κ3) is 4.66. The number of rotatable bonds is 7. The third-order valence-corrected chi connectivity index (χ3v) is 4.91. The van der Waals surface area contributed by atoms with Crippen LogP contribution in [0.1, 0.15) is 27.0 Å². The van der Waals surface area contributed by atoms with Crippen molar-refractivity contribution in [2.75, 3.05) is 19.4 Å². The van der Waals surface area contributed by atoms with Crippen LogP contribution in [-0.4, -0.2) is 29.4 Å². The van der Waals surface area contributed by atoms with Crippen LogP contribution in [0.3, 0.4) is 0 Å². The van der Waals surface area contributed by atoms with Crippen molar-refractivity contribution in [3.63, 3.8) is 0 Å². The Morgan fingerprint density at radius 1 is 1.23 bits per heavy atom. The SMILES string of the molecule is C=C(c1cccnc1)N(CCc1ccc(OC)cc1F)C(=O)c1ccc(N)cc1C. The second-order valence-electron chi connectivity index (χ2n) is 6.93. The molecule has 1 amide bonds. The van der Waals surface area contributed by atoms with Crippen LogP contribution >= 0.6 is 0 Å². The average Bonchev–Trinajstić information content (AvgIpc) is 2.75. The Hall–Kier alpha value is -3.67. The number of halogens is 1. The lowest BCUT2D eigenvalue weighted by molar-refractivity contribution is 0.0836. The molecule has 0 atom stereocenters. The lowest BCUT2D eigenvalue weighted by Crippen LogP contribution is -2.32. The standard InChI is InChI=1S/C24H24FN3O2/c1-16-13-20(26)7-9-22(16)24(29)28(17(2)19-5-4-11-27-15-19)12-10-18-6-8-21(30-3)14-23(18)25/h4-9,11,13-15H,2,10,12,26H2,1,3H3. The Balaban J connectivity index is 1.91. The van der Waals surface area contributed by atoms with Gasteiger partial charge in [-0.3, -0.25) is 9.78 Å². The molecule has 0 fully saturated rings. The largest absolute Gasteiger partial charge is 0.497 e. The van der Waals surface area contributed by atoms with Gasteiger partial charge in [-0.15, -0.1) is 0 Å². The van der Waals surface area contributed by atoms with E-state index in [0.717, 1.165) is 5.56 Å². The molecule has 3 rings (SSSR count). The molecule has 0 aliphatic rings. The number of aromatic nitrogens is 1. The van der Waals surface area contributed by atoms with E-state index in [2.05, 4.69) is 11.6 Å². The summed E-state index contributed by atoms with van der Waals surface area (Å²) in [6, 6.07) is 13.4. The number of hydrogen-bond acceptors (Lipinski definition) is 4. The molecule has 3 aromatic rings. The van der Waals surface area contributed by atoms with Gasteiger partial charge >= 0.3 is 0 Å². The quantitative estimate of drug-likeness (QED) is 0.589. The molecule has 6 heteroatoms. The molecule has 30 heavy (non-hydrogen) atoms. The van der Waals surface area contributed by atoms with Crippen LogP contribution in [0.25, 0.3) is 5.70 Å². The third-order valence-electron chi connectivity index (χ3n) is 4.91. The lowest BCUT2D eigenvalue weighted by atomic mass is 10.0. The van der Waals surface area contributed by atoms with Gasteiger partial charge in [0.1, 0.15) is 11.6 Å². The maximum Gasteiger partial charge on any atom is 0.258 e. The van der Waals surface area contributed by atoms with Crippen LogP contribution in [-0.2, 0) is 6.42 Å². The molecule has 0 saturated heterocycles. The zero-order chi connectivity index (χ0) is 21.7. The predicted octanol–water partition coefficient (Wildman–Crippen LogP) is 4.48. The van der Waals surface area contributed by atoms with E-state index in [1.807, 2.05) is 13.0 Å². The van der Waals surface area contributed by atoms with E-state index in [1.54, 1.807) is 53.7 Å². The molecule has 0 radical (unpaired) electrons. The highest BCUT2D eigenvalue weighted by Gasteiger charge is 2.22. The Bertz CT molecular complexity index is 1070. The summed E-state index contributed by atoms with van der Waals surface area (Å²) in [5, 5.41) is 0. The van der Waals surface area contributed by atoms with Gasteiger partial charge < -0.3 is 15.4 Å². The van der Waals surface area contributed by atoms with Crippen molar-refractivity contribution in [3.05, 3.63) is 95.6 Å². The number of methoxy groups -OCH3 is 1. The fourth-order valence-electron chi connectivity index (χ4n) is 3.21. The summed E-state index contributed by atoms with van der Waals surface area (Å²) in [4.78, 5) is 19.1. The topological polar surface area (TPSA) is 68.5 Å². The van der Waals surface area contributed by atoms with Gasteiger partial charge in [-0.1, -0.05) is 12.6 Å². The number of aryl methyl sites for hydroxylation is 1. The van der Waals surface area contributed by atoms with Gasteiger partial charge in [-0.2, -0.15) is 0 Å². The van der Waals surface area contributed by atoms with Crippen molar-refractivity contribution in [2.45, 2.75) is 13.3 Å². The van der Waals surface area contributed by atoms with Crippen LogP contribution in [0.2, 0.25) is 0 Å². The number of carbonyl (C=O) groups excluding carboxylic acids is 1. The molecule has 1 aromatic heterocycles. The molecule has 2 N–H and O–H groups in total. The molecule has 154 valence electrons. The van der Waals surface area contributed by atoms with Gasteiger partial charge in [0.05, 0.1) is 7.11 Å². The zero-order valence-electron chi connectivity index (χ0n) is 17.1. The van der Waals surface area contributed by atoms with Crippen molar-refractivity contribution in [1.82, 2.24) is 9.88 Å². The summed E-state index contributed by atoms with van der Waals surface area (Å²) in [5.74, 6) is -0.158. The van der Waals surface area contributed by atoms with Crippen LogP contribution in [0.5, 0.6) is 5.75 Å². The van der Waals surface area contributed by atoms with E-state index in [0.29, 0.717) is 40.2 Å². The minimum absolute atomic E-state index is 0.227. The Morgan fingerprint density at radius 2 is 2.03 bits per heavy atom. The molecular weight excluding hydrogens is 381 g/mol. The van der Waals surface area contributed by atoms with Crippen LogP contribution in [0, 0.1) is 12.7 Å². The molecule has 2 aromatic carbocycles. The van der Waals surface area contributed by atoms with E-state index in [4.69, 9.17) is 10.5 Å². The first-order valence-corrected chi connectivity index (χ1v) is 9.50. The average molecular weight is 405 g/mol. The van der Waals surface area contributed by atoms with Crippen LogP contribution in [0.4, 0.5) is 10.1 Å². The summed E-state index contributed by atoms with van der Waals surface area (Å²) in [6.07, 6.45) is 3.61. The number of amides is 1. The summed E-state index contributed by atoms with van der Waals surface area (Å²) in [5.41, 5.74) is 9.40. The number of carbonyl (C=O) groups is 1. The number of ether oxygens (including phenoxy) is 1. The van der Waals surface area contributed by atoms with E-state index >= 15 is 0 Å². The molecule has 0 saturated carbocycles. The Labute approximate surface area is 175 Å². The summed E-state index contributed by atoms with van der Waals surface area (Å²) in [6.45, 7) is 6.19. The van der Waals surface area contributed by atoms with Gasteiger partial charge in [0.2, 0.25) is 0 Å². The fourth-order valence-corrected chi connectivity index (χ4v) is 3.21. The zero-order valence-corrected chi connectivity index (χ0v) is 17.1. The fraction of sp³-hybridized carbons (Fsp3) is 0.167. The smallest absolute Gasteiger partial charge is 0.258 e. The first-order valence-electron chi connectivity index (χ1n) is 9.50. The lowest BCUT2D eigenvalue weighted by Gasteiger charge is -2.26. The number of nitrogen functional groups attached to an aromatic ring is 1. The maximum atomic E-state index is 14.4. The minimum Gasteiger partial charge on any atom is -0.497 e. The molecule has 0 spiro atoms. The molecule has 0 unspecified atom stereocenters. The van der Waals surface area contributed by atoms with Crippen molar-refractivity contribution in [3.8, 4) is 5.75 Å². The number of pyridine rings is 1. The number of hydrogen-bond donors (Lipinski definition) is 1. The minimum atomic E-state index is -0.377. The highest BCUT2D eigenvalue weighted by Crippen LogP contribution is 2.24. The Kier molecular flexibility index (Phi) is 6.47. The molecule has 1 heterocycles. The van der Waals surface area contributed by atoms with E-state index in [9.17, 15) is 9.18 Å². The Morgan fingerprint density at radius 3 is 2.67 bits per heavy atom. The monoisotopic (exact) mass is 405 g/mol. The van der Waals surface area contributed by atoms with Gasteiger partial charge in [-0.05, 0) is 60.9 Å². The van der Waals surface area contributed by atoms with Gasteiger partial charge in [0, 0.05) is 47.5 Å². The van der Waals surface area contributed by atoms with Crippen molar-refractivity contribution in [1.29, 1.82) is 0 Å². The van der Waals surface area contributed by atoms with Crippen molar-refractivity contribution < 1.29 is 13.9 Å². The first kappa shape index (κ1) is 21.0. The van der Waals surface area contributed by atoms with Gasteiger partial charge in [0.15, 0.2) is 0 Å². The molecular formula is C24H24FN3O2. The number of benzene rings is 2. The van der Waals surface area contributed by atoms with Gasteiger partial charge in [0.25, 0.3) is 5.91 Å². The van der Waals surface area contributed by atoms with Crippen molar-refractivity contribution >= 4 is 17.3 Å². The first-order chi connectivity index (χ1) is 14.4. The molecule has 0 bridgehead atoms. The van der Waals surface area contributed by atoms with E-state index in [-0.39, 0.29) is 18.3 Å². The number of nitrogens with two attached hydrogens (primary N) is 1. The summed E-state index contributed by atoms with van der Waals surface area (Å²) < 4.78 is 19.5. The molecule has 0 aliphatic carbocycles. The number of nitrogens with zero attached hydrogens (tertiary/aromatic N) is 2. The van der Waals surface area contributed by atoms with Crippen LogP contribution in [0.15, 0.2) is 67.5 Å².